The van der Waals surface area contributed by atoms with Crippen LogP contribution in [0.25, 0.3) is 6.08 Å². The highest BCUT2D eigenvalue weighted by Crippen LogP contribution is 2.56. The number of hydrogen-bond acceptors (Lipinski definition) is 3. The Hall–Kier alpha value is -3.19. The van der Waals surface area contributed by atoms with Crippen molar-refractivity contribution in [1.29, 1.82) is 0 Å². The molecule has 0 fully saturated rings. The molecule has 0 aliphatic carbocycles. The van der Waals surface area contributed by atoms with Gasteiger partial charge in [0.1, 0.15) is 23.2 Å². The third-order valence-corrected chi connectivity index (χ3v) is 19.9. The van der Waals surface area contributed by atoms with Crippen molar-refractivity contribution < 1.29 is 28.4 Å². The zero-order chi connectivity index (χ0) is 34.3. The molecule has 1 heterocycles. The van der Waals surface area contributed by atoms with Crippen LogP contribution >= 0.6 is 18.6 Å². The van der Waals surface area contributed by atoms with Crippen LogP contribution in [0.4, 0.5) is 0 Å². The number of nitrogens with zero attached hydrogens (tertiary/aromatic N) is 1. The van der Waals surface area contributed by atoms with Crippen LogP contribution in [-0.4, -0.2) is 25.6 Å². The fourth-order valence-corrected chi connectivity index (χ4v) is 16.9. The summed E-state index contributed by atoms with van der Waals surface area (Å²) >= 11 is 1.70. The molecule has 6 rings (SSSR count). The maximum absolute atomic E-state index is 7.98. The van der Waals surface area contributed by atoms with Crippen molar-refractivity contribution in [2.75, 3.05) is 6.16 Å². The predicted molar refractivity (Wildman–Crippen MR) is 218 cm³/mol. The molecule has 5 aromatic carbocycles. The summed E-state index contributed by atoms with van der Waals surface area (Å²) in [5.74, 6) is 0. The van der Waals surface area contributed by atoms with Gasteiger partial charge >= 0.3 is 0 Å². The van der Waals surface area contributed by atoms with Crippen LogP contribution in [0.1, 0.15) is 44.8 Å². The highest BCUT2D eigenvalue weighted by Gasteiger charge is 2.52. The number of aromatic nitrogens is 1. The lowest BCUT2D eigenvalue weighted by molar-refractivity contribution is -0.0000107. The molecule has 6 heteroatoms. The van der Waals surface area contributed by atoms with E-state index in [1.165, 1.54) is 31.9 Å². The number of halogens is 1. The monoisotopic (exact) mass is 823 g/mol. The topological polar surface area (TPSA) is 22.1 Å². The lowest BCUT2D eigenvalue weighted by Gasteiger charge is -2.45. The standard InChI is InChI=1S/C44H47NOPSSi.HI/c1-35(33-37-34-48-36(2)45-37)43(46-49(44(3,4)5,41-27-17-9-18-28-41)42-29-19-10-20-30-42)31-32-47(38-21-11-6-12-22-38,39-23-13-7-14-24-39)40-25-15-8-16-26-40;/h6-30,33-34,43H,31-32H2,1-5H3;1H/q+1;/p-1/t43-;/m0./s1. The van der Waals surface area contributed by atoms with Gasteiger partial charge in [0.15, 0.2) is 0 Å². The van der Waals surface area contributed by atoms with Gasteiger partial charge < -0.3 is 28.4 Å². The van der Waals surface area contributed by atoms with Crippen molar-refractivity contribution in [1.82, 2.24) is 4.98 Å². The van der Waals surface area contributed by atoms with Crippen LogP contribution in [0.3, 0.4) is 0 Å². The lowest BCUT2D eigenvalue weighted by atomic mass is 10.1. The second-order valence-corrected chi connectivity index (χ2v) is 22.7. The summed E-state index contributed by atoms with van der Waals surface area (Å²) in [6, 6.07) is 55.7. The van der Waals surface area contributed by atoms with Gasteiger partial charge in [-0.1, -0.05) is 136 Å². The van der Waals surface area contributed by atoms with Crippen LogP contribution in [0, 0.1) is 6.92 Å². The van der Waals surface area contributed by atoms with Crippen molar-refractivity contribution in [2.24, 2.45) is 0 Å². The van der Waals surface area contributed by atoms with Crippen LogP contribution in [-0.2, 0) is 4.43 Å². The molecule has 0 aliphatic heterocycles. The number of rotatable bonds is 12. The van der Waals surface area contributed by atoms with Gasteiger partial charge in [0, 0.05) is 11.8 Å². The molecule has 1 atom stereocenters. The fraction of sp³-hybridized carbons (Fsp3) is 0.205. The predicted octanol–water partition coefficient (Wildman–Crippen LogP) is 6.19. The average molecular weight is 824 g/mol. The minimum absolute atomic E-state index is 0. The van der Waals surface area contributed by atoms with Crippen LogP contribution in [0.2, 0.25) is 5.04 Å². The van der Waals surface area contributed by atoms with Crippen LogP contribution in [0.5, 0.6) is 0 Å². The summed E-state index contributed by atoms with van der Waals surface area (Å²) in [5.41, 5.74) is 2.22. The highest BCUT2D eigenvalue weighted by atomic mass is 127. The van der Waals surface area contributed by atoms with E-state index in [9.17, 15) is 0 Å². The Labute approximate surface area is 322 Å². The molecule has 0 radical (unpaired) electrons. The van der Waals surface area contributed by atoms with Crippen LogP contribution in [0.15, 0.2) is 163 Å². The summed E-state index contributed by atoms with van der Waals surface area (Å²) in [6.07, 6.45) is 3.96. The molecule has 1 aromatic heterocycles. The molecule has 0 bridgehead atoms. The number of hydrogen-bond donors (Lipinski definition) is 0. The van der Waals surface area contributed by atoms with E-state index in [1.54, 1.807) is 11.3 Å². The molecule has 50 heavy (non-hydrogen) atoms. The number of benzene rings is 5. The molecule has 0 saturated heterocycles. The molecule has 0 amide bonds. The third-order valence-electron chi connectivity index (χ3n) is 9.57. The van der Waals surface area contributed by atoms with E-state index in [2.05, 4.69) is 198 Å². The van der Waals surface area contributed by atoms with E-state index in [-0.39, 0.29) is 35.1 Å². The number of aryl methyl sites for hydroxylation is 1. The van der Waals surface area contributed by atoms with Gasteiger partial charge in [-0.2, -0.15) is 0 Å². The largest absolute Gasteiger partial charge is 1.00 e. The number of thiazole rings is 1. The lowest BCUT2D eigenvalue weighted by Crippen LogP contribution is -3.00. The second kappa shape index (κ2) is 16.9. The molecule has 0 saturated carbocycles. The zero-order valence-electron chi connectivity index (χ0n) is 29.7. The van der Waals surface area contributed by atoms with Gasteiger partial charge in [0.05, 0.1) is 23.0 Å². The van der Waals surface area contributed by atoms with E-state index in [1.807, 2.05) is 0 Å². The van der Waals surface area contributed by atoms with E-state index in [0.717, 1.165) is 23.3 Å². The van der Waals surface area contributed by atoms with Gasteiger partial charge in [-0.25, -0.2) is 4.98 Å². The summed E-state index contributed by atoms with van der Waals surface area (Å²) in [7, 11) is -4.95. The minimum Gasteiger partial charge on any atom is -1.00 e. The average Bonchev–Trinajstić information content (AvgIpc) is 3.55. The molecular weight excluding hydrogens is 777 g/mol. The first-order chi connectivity index (χ1) is 23.7. The fourth-order valence-electron chi connectivity index (χ4n) is 7.25. The van der Waals surface area contributed by atoms with E-state index in [0.29, 0.717) is 0 Å². The SMILES string of the molecule is CC(=Cc1csc(C)n1)[C@H](CC[P+](c1ccccc1)(c1ccccc1)c1ccccc1)O[Si](c1ccccc1)(c1ccccc1)C(C)(C)C.[I-]. The molecule has 2 nitrogen and oxygen atoms in total. The Bertz CT molecular complexity index is 1810. The van der Waals surface area contributed by atoms with Gasteiger partial charge in [0.25, 0.3) is 8.32 Å². The first kappa shape index (κ1) is 38.0. The summed E-state index contributed by atoms with van der Waals surface area (Å²) < 4.78 is 7.98. The molecule has 0 unspecified atom stereocenters. The maximum Gasteiger partial charge on any atom is 0.261 e. The molecule has 0 aliphatic rings. The Morgan fingerprint density at radius 1 is 0.700 bits per heavy atom. The van der Waals surface area contributed by atoms with Crippen molar-refractivity contribution >= 4 is 59.3 Å². The van der Waals surface area contributed by atoms with E-state index in [4.69, 9.17) is 9.41 Å². The normalized spacial score (nSPS) is 13.0. The van der Waals surface area contributed by atoms with Crippen molar-refractivity contribution in [2.45, 2.75) is 52.2 Å². The Morgan fingerprint density at radius 3 is 1.46 bits per heavy atom. The third kappa shape index (κ3) is 7.98. The quantitative estimate of drug-likeness (QED) is 0.0836. The zero-order valence-corrected chi connectivity index (χ0v) is 34.5. The van der Waals surface area contributed by atoms with Crippen molar-refractivity contribution in [3.8, 4) is 0 Å². The second-order valence-electron chi connectivity index (χ2n) is 13.8. The summed E-state index contributed by atoms with van der Waals surface area (Å²) in [4.78, 5) is 4.85. The molecular formula is C44H47INOPSSi. The van der Waals surface area contributed by atoms with Crippen molar-refractivity contribution in [3.05, 3.63) is 173 Å². The summed E-state index contributed by atoms with van der Waals surface area (Å²) in [5, 5.41) is 9.88. The van der Waals surface area contributed by atoms with E-state index >= 15 is 0 Å². The highest BCUT2D eigenvalue weighted by molar-refractivity contribution is 7.95. The van der Waals surface area contributed by atoms with Crippen LogP contribution < -0.4 is 50.3 Å². The first-order valence-electron chi connectivity index (χ1n) is 17.2. The summed E-state index contributed by atoms with van der Waals surface area (Å²) in [6.45, 7) is 11.4. The molecule has 0 spiro atoms. The van der Waals surface area contributed by atoms with Gasteiger partial charge in [-0.3, -0.25) is 0 Å². The van der Waals surface area contributed by atoms with Gasteiger partial charge in [-0.05, 0) is 77.3 Å². The first-order valence-corrected chi connectivity index (χ1v) is 21.9. The van der Waals surface area contributed by atoms with Gasteiger partial charge in [0.2, 0.25) is 0 Å². The Balaban J connectivity index is 0.00000486. The maximum atomic E-state index is 7.98. The smallest absolute Gasteiger partial charge is 0.261 e. The molecule has 256 valence electrons. The van der Waals surface area contributed by atoms with Crippen molar-refractivity contribution in [3.63, 3.8) is 0 Å². The Kier molecular flexibility index (Phi) is 12.8. The minimum atomic E-state index is -2.87. The molecule has 0 N–H and O–H groups in total. The van der Waals surface area contributed by atoms with E-state index < -0.39 is 15.6 Å². The Morgan fingerprint density at radius 2 is 1.10 bits per heavy atom. The molecule has 6 aromatic rings. The van der Waals surface area contributed by atoms with Gasteiger partial charge in [-0.15, -0.1) is 11.3 Å².